The fourth-order valence-corrected chi connectivity index (χ4v) is 0. The van der Waals surface area contributed by atoms with Crippen molar-refractivity contribution in [3.63, 3.8) is 0 Å². The summed E-state index contributed by atoms with van der Waals surface area (Å²) in [7, 11) is 0. The summed E-state index contributed by atoms with van der Waals surface area (Å²) in [6, 6.07) is 0. The van der Waals surface area contributed by atoms with Crippen LogP contribution < -0.4 is 0 Å². The van der Waals surface area contributed by atoms with Crippen LogP contribution in [0.1, 0.15) is 0 Å². The molecule has 0 unspecified atom stereocenters. The second-order valence-corrected chi connectivity index (χ2v) is 0.226. The molecule has 0 amide bonds. The summed E-state index contributed by atoms with van der Waals surface area (Å²) in [5, 5.41) is 0. The Labute approximate surface area is 57.3 Å². The fraction of sp³-hybridized carbons (Fsp3) is 0. The number of hydrogen-bond acceptors (Lipinski definition) is 1. The SMILES string of the molecule is O=C(F)F.[Ar]. The van der Waals surface area contributed by atoms with Crippen molar-refractivity contribution in [2.75, 3.05) is 0 Å². The van der Waals surface area contributed by atoms with E-state index in [0.717, 1.165) is 0 Å². The van der Waals surface area contributed by atoms with E-state index in [-0.39, 0.29) is 37.7 Å². The molecule has 32 valence electrons. The van der Waals surface area contributed by atoms with E-state index in [1.54, 1.807) is 0 Å². The smallest absolute Gasteiger partial charge is 0.219 e. The third-order valence-corrected chi connectivity index (χ3v) is 0. The van der Waals surface area contributed by atoms with Crippen LogP contribution in [-0.2, 0) is 0 Å². The van der Waals surface area contributed by atoms with Crippen LogP contribution in [-0.4, -0.2) is 6.29 Å². The van der Waals surface area contributed by atoms with E-state index in [9.17, 15) is 8.78 Å². The van der Waals surface area contributed by atoms with Crippen LogP contribution in [0.4, 0.5) is 13.6 Å². The van der Waals surface area contributed by atoms with E-state index in [4.69, 9.17) is 4.79 Å². The Hall–Kier alpha value is 0.790. The first kappa shape index (κ1) is 9.25. The van der Waals surface area contributed by atoms with E-state index in [1.165, 1.54) is 0 Å². The fourth-order valence-electron chi connectivity index (χ4n) is 0. The van der Waals surface area contributed by atoms with Crippen molar-refractivity contribution in [2.45, 2.75) is 0 Å². The van der Waals surface area contributed by atoms with E-state index >= 15 is 0 Å². The minimum Gasteiger partial charge on any atom is -0.219 e. The molecular weight excluding hydrogens is 106 g/mol. The van der Waals surface area contributed by atoms with Gasteiger partial charge in [0.15, 0.2) is 0 Å². The molecule has 0 aromatic heterocycles. The standard InChI is InChI=1S/CF2O.Ar/c2-1(3)4;. The quantitative estimate of drug-likeness (QED) is 0.421. The molecule has 0 spiro atoms. The average Bonchev–Trinajstić information content (AvgIpc) is 0.811. The van der Waals surface area contributed by atoms with Crippen LogP contribution in [0.15, 0.2) is 0 Å². The molecule has 0 rings (SSSR count). The van der Waals surface area contributed by atoms with E-state index in [0.29, 0.717) is 0 Å². The predicted octanol–water partition coefficient (Wildman–Crippen LogP) is 1.05. The monoisotopic (exact) mass is 106 g/mol. The molecule has 0 aromatic carbocycles. The largest absolute Gasteiger partial charge is 0.483 e. The van der Waals surface area contributed by atoms with Gasteiger partial charge in [-0.2, -0.15) is 0 Å². The summed E-state index contributed by atoms with van der Waals surface area (Å²) < 4.78 is 19.4. The number of rotatable bonds is 0. The van der Waals surface area contributed by atoms with E-state index < -0.39 is 6.29 Å². The summed E-state index contributed by atoms with van der Waals surface area (Å²) in [5.41, 5.74) is 0. The van der Waals surface area contributed by atoms with Crippen molar-refractivity contribution in [1.29, 1.82) is 0 Å². The van der Waals surface area contributed by atoms with Crippen LogP contribution in [0.5, 0.6) is 0 Å². The molecule has 0 atom stereocenters. The molecule has 0 bridgehead atoms. The molecule has 0 saturated carbocycles. The maximum Gasteiger partial charge on any atom is 0.483 e. The number of hydrogen-bond donors (Lipinski definition) is 0. The maximum absolute atomic E-state index is 9.69. The Balaban J connectivity index is 0. The van der Waals surface area contributed by atoms with Gasteiger partial charge in [0.05, 0.1) is 0 Å². The molecule has 0 aliphatic carbocycles. The Morgan fingerprint density at radius 3 is 1.40 bits per heavy atom. The van der Waals surface area contributed by atoms with Gasteiger partial charge in [-0.3, -0.25) is 0 Å². The first-order valence-corrected chi connectivity index (χ1v) is 0.582. The summed E-state index contributed by atoms with van der Waals surface area (Å²) in [5.74, 6) is 0. The molecule has 0 aromatic rings. The Morgan fingerprint density at radius 2 is 1.40 bits per heavy atom. The van der Waals surface area contributed by atoms with Crippen molar-refractivity contribution in [3.8, 4) is 0 Å². The minimum absolute atomic E-state index is 0. The van der Waals surface area contributed by atoms with Crippen LogP contribution in [0.25, 0.3) is 0 Å². The molecule has 5 heavy (non-hydrogen) atoms. The second kappa shape index (κ2) is 4.79. The summed E-state index contributed by atoms with van der Waals surface area (Å²) in [6.45, 7) is 0. The third kappa shape index (κ3) is 59.8. The minimum atomic E-state index is -2.83. The van der Waals surface area contributed by atoms with Gasteiger partial charge in [0.2, 0.25) is 0 Å². The van der Waals surface area contributed by atoms with Gasteiger partial charge in [0.25, 0.3) is 0 Å². The average molecular weight is 106 g/mol. The summed E-state index contributed by atoms with van der Waals surface area (Å²) in [6.07, 6.45) is -2.83. The van der Waals surface area contributed by atoms with Crippen molar-refractivity contribution in [2.24, 2.45) is 0 Å². The van der Waals surface area contributed by atoms with Gasteiger partial charge in [-0.1, -0.05) is 0 Å². The molecule has 0 aliphatic rings. The zero-order valence-electron chi connectivity index (χ0n) is 2.02. The zero-order chi connectivity index (χ0) is 3.58. The third-order valence-electron chi connectivity index (χ3n) is 0. The first-order valence-electron chi connectivity index (χ1n) is 0.582. The van der Waals surface area contributed by atoms with Crippen molar-refractivity contribution >= 4 is 6.29 Å². The summed E-state index contributed by atoms with van der Waals surface area (Å²) in [4.78, 5) is 8.11. The van der Waals surface area contributed by atoms with Crippen molar-refractivity contribution in [1.82, 2.24) is 0 Å². The number of carbonyl (C=O) groups excluding carboxylic acids is 1. The molecule has 0 N–H and O–H groups in total. The molecule has 4 heteroatoms. The van der Waals surface area contributed by atoms with Gasteiger partial charge < -0.3 is 0 Å². The van der Waals surface area contributed by atoms with Gasteiger partial charge in [-0.15, -0.1) is 8.78 Å². The zero-order valence-corrected chi connectivity index (χ0v) is 2.72. The molecule has 1 nitrogen and oxygen atoms in total. The van der Waals surface area contributed by atoms with Gasteiger partial charge in [0.1, 0.15) is 0 Å². The topological polar surface area (TPSA) is 17.1 Å². The Kier molecular flexibility index (Phi) is 8.86. The molecule has 0 aliphatic heterocycles. The molecule has 0 radical (unpaired) electrons. The van der Waals surface area contributed by atoms with Gasteiger partial charge >= 0.3 is 6.29 Å². The molecular formula is CArF2O. The Bertz CT molecular complexity index is 32.6. The number of carbonyl (C=O) groups is 1. The first-order chi connectivity index (χ1) is 1.73. The van der Waals surface area contributed by atoms with E-state index in [1.807, 2.05) is 0 Å². The summed E-state index contributed by atoms with van der Waals surface area (Å²) >= 11 is 0. The van der Waals surface area contributed by atoms with Gasteiger partial charge in [-0.25, -0.2) is 4.79 Å². The second-order valence-electron chi connectivity index (χ2n) is 0.226. The molecule has 0 heterocycles. The maximum atomic E-state index is 9.69. The normalized spacial score (nSPS) is 5.20. The van der Waals surface area contributed by atoms with Crippen LogP contribution in [0.3, 0.4) is 0 Å². The number of halogens is 2. The van der Waals surface area contributed by atoms with Crippen LogP contribution in [0.2, 0.25) is 0 Å². The van der Waals surface area contributed by atoms with Gasteiger partial charge in [-0.05, 0) is 0 Å². The van der Waals surface area contributed by atoms with Crippen LogP contribution in [0, 0.1) is 37.7 Å². The van der Waals surface area contributed by atoms with Crippen LogP contribution >= 0.6 is 0 Å². The van der Waals surface area contributed by atoms with Crippen molar-refractivity contribution in [3.05, 3.63) is 0 Å². The molecule has 0 saturated heterocycles. The molecule has 0 fully saturated rings. The van der Waals surface area contributed by atoms with Gasteiger partial charge in [0, 0.05) is 37.7 Å². The van der Waals surface area contributed by atoms with E-state index in [2.05, 4.69) is 0 Å². The Morgan fingerprint density at radius 1 is 1.40 bits per heavy atom. The van der Waals surface area contributed by atoms with Crippen molar-refractivity contribution < 1.29 is 51.3 Å². The predicted molar refractivity (Wildman–Crippen MR) is 7.61 cm³/mol.